The van der Waals surface area contributed by atoms with E-state index in [9.17, 15) is 15.0 Å². The highest BCUT2D eigenvalue weighted by atomic mass is 32.1. The predicted octanol–water partition coefficient (Wildman–Crippen LogP) is 1.33. The van der Waals surface area contributed by atoms with Crippen molar-refractivity contribution in [1.82, 2.24) is 0 Å². The average molecular weight is 306 g/mol. The fourth-order valence-electron chi connectivity index (χ4n) is 2.76. The lowest BCUT2D eigenvalue weighted by Gasteiger charge is -2.31. The first-order valence-corrected chi connectivity index (χ1v) is 8.10. The minimum atomic E-state index is -1.43. The molecule has 3 rings (SSSR count). The molecule has 4 unspecified atom stereocenters. The third kappa shape index (κ3) is 2.15. The summed E-state index contributed by atoms with van der Waals surface area (Å²) in [6.07, 6.45) is -2.59. The maximum Gasteiger partial charge on any atom is 0.127 e. The molecule has 1 saturated carbocycles. The lowest BCUT2D eigenvalue weighted by Crippen LogP contribution is -2.38. The summed E-state index contributed by atoms with van der Waals surface area (Å²) >= 11 is 2.89. The number of Topliss-reactive ketones (excluding diaryl/α,β-unsaturated/α-hetero) is 1. The molecule has 20 heavy (non-hydrogen) atoms. The first-order valence-electron chi connectivity index (χ1n) is 6.47. The number of carbonyl (C=O) groups is 1. The number of ketones is 1. The molecule has 5 heteroatoms. The Bertz CT molecular complexity index is 643. The van der Waals surface area contributed by atoms with E-state index in [2.05, 4.69) is 0 Å². The van der Waals surface area contributed by atoms with Crippen LogP contribution in [0.25, 0.3) is 0 Å². The number of thiophene rings is 2. The summed E-state index contributed by atoms with van der Waals surface area (Å²) in [6, 6.07) is 7.41. The molecule has 0 amide bonds. The van der Waals surface area contributed by atoms with Gasteiger partial charge >= 0.3 is 0 Å². The topological polar surface area (TPSA) is 63.2 Å². The van der Waals surface area contributed by atoms with E-state index in [1.165, 1.54) is 22.7 Å². The Morgan fingerprint density at radius 2 is 1.50 bits per heavy atom. The minimum Gasteiger partial charge on any atom is -0.851 e. The van der Waals surface area contributed by atoms with Crippen LogP contribution in [0.4, 0.5) is 0 Å². The van der Waals surface area contributed by atoms with Gasteiger partial charge in [-0.25, -0.2) is 0 Å². The average Bonchev–Trinajstić information content (AvgIpc) is 3.03. The molecule has 4 atom stereocenters. The van der Waals surface area contributed by atoms with E-state index in [4.69, 9.17) is 0 Å². The Morgan fingerprint density at radius 1 is 0.950 bits per heavy atom. The summed E-state index contributed by atoms with van der Waals surface area (Å²) in [5, 5.41) is 24.9. The third-order valence-electron chi connectivity index (χ3n) is 3.75. The summed E-state index contributed by atoms with van der Waals surface area (Å²) in [4.78, 5) is 15.8. The van der Waals surface area contributed by atoms with Gasteiger partial charge in [0.15, 0.2) is 0 Å². The zero-order chi connectivity index (χ0) is 14.4. The lowest BCUT2D eigenvalue weighted by atomic mass is 9.98. The zero-order valence-corrected chi connectivity index (χ0v) is 12.8. The largest absolute Gasteiger partial charge is 0.851 e. The molecular weight excluding hydrogens is 292 g/mol. The van der Waals surface area contributed by atoms with Gasteiger partial charge in [0.2, 0.25) is 0 Å². The van der Waals surface area contributed by atoms with Crippen molar-refractivity contribution in [1.29, 1.82) is 0 Å². The van der Waals surface area contributed by atoms with Crippen LogP contribution >= 0.6 is 22.7 Å². The van der Waals surface area contributed by atoms with E-state index < -0.39 is 29.8 Å². The Labute approximate surface area is 125 Å². The Hall–Kier alpha value is -1.01. The molecule has 2 aromatic heterocycles. The molecule has 1 aliphatic carbocycles. The predicted molar refractivity (Wildman–Crippen MR) is 76.2 cm³/mol. The fourth-order valence-corrected chi connectivity index (χ4v) is 4.82. The van der Waals surface area contributed by atoms with Crippen LogP contribution in [0.3, 0.4) is 0 Å². The van der Waals surface area contributed by atoms with Crippen LogP contribution in [0.5, 0.6) is 0 Å². The molecule has 0 spiro atoms. The monoisotopic (exact) mass is 306 g/mol. The summed E-state index contributed by atoms with van der Waals surface area (Å²) < 4.78 is 0. The van der Waals surface area contributed by atoms with Crippen LogP contribution in [0, 0.1) is 13.8 Å². The maximum absolute atomic E-state index is 12.6. The quantitative estimate of drug-likeness (QED) is 0.841. The molecular formula is C15H14O3S2-2. The van der Waals surface area contributed by atoms with Crippen molar-refractivity contribution >= 4 is 28.5 Å². The molecule has 1 fully saturated rings. The summed E-state index contributed by atoms with van der Waals surface area (Å²) in [5.74, 6) is -1.94. The molecule has 2 aromatic rings. The molecule has 2 heterocycles. The van der Waals surface area contributed by atoms with E-state index in [-0.39, 0.29) is 0 Å². The lowest BCUT2D eigenvalue weighted by molar-refractivity contribution is -0.450. The minimum absolute atomic E-state index is 0.442. The molecule has 0 aromatic carbocycles. The van der Waals surface area contributed by atoms with Crippen LogP contribution in [0.15, 0.2) is 24.3 Å². The van der Waals surface area contributed by atoms with Crippen LogP contribution < -0.4 is 10.2 Å². The van der Waals surface area contributed by atoms with E-state index in [1.807, 2.05) is 38.1 Å². The van der Waals surface area contributed by atoms with Gasteiger partial charge in [0.05, 0.1) is 0 Å². The van der Waals surface area contributed by atoms with E-state index in [0.29, 0.717) is 0 Å². The Morgan fingerprint density at radius 3 is 2.00 bits per heavy atom. The first-order chi connectivity index (χ1) is 9.49. The number of hydrogen-bond donors (Lipinski definition) is 0. The van der Waals surface area contributed by atoms with Gasteiger partial charge in [0.1, 0.15) is 5.78 Å². The van der Waals surface area contributed by atoms with Gasteiger partial charge in [0.25, 0.3) is 0 Å². The number of carbonyl (C=O) groups excluding carboxylic acids is 1. The number of rotatable bonds is 2. The third-order valence-corrected chi connectivity index (χ3v) is 5.94. The summed E-state index contributed by atoms with van der Waals surface area (Å²) in [5.41, 5.74) is 0. The molecule has 0 saturated heterocycles. The Kier molecular flexibility index (Phi) is 3.54. The normalized spacial score (nSPS) is 30.1. The first kappa shape index (κ1) is 13.9. The van der Waals surface area contributed by atoms with Crippen LogP contribution in [0.1, 0.15) is 31.3 Å². The van der Waals surface area contributed by atoms with Gasteiger partial charge < -0.3 is 15.0 Å². The van der Waals surface area contributed by atoms with Gasteiger partial charge in [0, 0.05) is 25.4 Å². The number of hydrogen-bond acceptors (Lipinski definition) is 5. The molecule has 1 aliphatic rings. The molecule has 0 aliphatic heterocycles. The summed E-state index contributed by atoms with van der Waals surface area (Å²) in [6.45, 7) is 3.87. The van der Waals surface area contributed by atoms with Crippen molar-refractivity contribution in [3.63, 3.8) is 0 Å². The van der Waals surface area contributed by atoms with E-state index >= 15 is 0 Å². The van der Waals surface area contributed by atoms with Gasteiger partial charge in [-0.3, -0.25) is 0 Å². The highest BCUT2D eigenvalue weighted by molar-refractivity contribution is 7.12. The van der Waals surface area contributed by atoms with Gasteiger partial charge in [-0.2, -0.15) is 0 Å². The van der Waals surface area contributed by atoms with Crippen LogP contribution in [0.2, 0.25) is 0 Å². The second kappa shape index (κ2) is 5.07. The zero-order valence-electron chi connectivity index (χ0n) is 11.2. The summed E-state index contributed by atoms with van der Waals surface area (Å²) in [7, 11) is 0. The standard InChI is InChI=1S/C15H14O3S2/c1-7-3-5-9(19-7)11-13(16)12(15(18)14(11)17)10-6-4-8(2)20-10/h3-6,11-14H,1-2H3/q-2. The van der Waals surface area contributed by atoms with Crippen molar-refractivity contribution in [3.05, 3.63) is 43.8 Å². The molecule has 0 bridgehead atoms. The highest BCUT2D eigenvalue weighted by Gasteiger charge is 2.41. The molecule has 3 nitrogen and oxygen atoms in total. The smallest absolute Gasteiger partial charge is 0.127 e. The van der Waals surface area contributed by atoms with Gasteiger partial charge in [-0.1, -0.05) is 6.10 Å². The van der Waals surface area contributed by atoms with Crippen molar-refractivity contribution in [3.8, 4) is 0 Å². The molecule has 0 radical (unpaired) electrons. The van der Waals surface area contributed by atoms with Gasteiger partial charge in [-0.15, -0.1) is 28.8 Å². The van der Waals surface area contributed by atoms with Crippen molar-refractivity contribution < 1.29 is 15.0 Å². The second-order valence-electron chi connectivity index (χ2n) is 5.19. The fraction of sp³-hybridized carbons (Fsp3) is 0.400. The second-order valence-corrected chi connectivity index (χ2v) is 7.83. The van der Waals surface area contributed by atoms with E-state index in [0.717, 1.165) is 19.5 Å². The van der Waals surface area contributed by atoms with Crippen molar-refractivity contribution in [2.24, 2.45) is 0 Å². The molecule has 106 valence electrons. The van der Waals surface area contributed by atoms with E-state index in [1.54, 1.807) is 0 Å². The molecule has 0 N–H and O–H groups in total. The highest BCUT2D eigenvalue weighted by Crippen LogP contribution is 2.43. The maximum atomic E-state index is 12.6. The SMILES string of the molecule is Cc1ccc(C2C(=O)C([O-])C(c3ccc(C)s3)C2[O-])s1. The van der Waals surface area contributed by atoms with Crippen LogP contribution in [-0.2, 0) is 4.79 Å². The Balaban J connectivity index is 1.97. The number of aryl methyl sites for hydroxylation is 2. The van der Waals surface area contributed by atoms with Crippen molar-refractivity contribution in [2.45, 2.75) is 37.9 Å². The van der Waals surface area contributed by atoms with Crippen molar-refractivity contribution in [2.75, 3.05) is 0 Å². The van der Waals surface area contributed by atoms with Gasteiger partial charge in [-0.05, 0) is 44.0 Å². The van der Waals surface area contributed by atoms with Crippen LogP contribution in [-0.4, -0.2) is 18.0 Å².